The zero-order chi connectivity index (χ0) is 19.1. The lowest BCUT2D eigenvalue weighted by Crippen LogP contribution is -2.02. The molecule has 0 bridgehead atoms. The standard InChI is InChI=1S/C20H16N8/c1-12-24-16(10-17(21)25-12)19-20(27-18-7-4-8-23-28(18)19)26-14-9-13-5-2-3-6-15(13)22-11-14/h2-11,26H,1H3,(H2,21,24,25). The summed E-state index contributed by atoms with van der Waals surface area (Å²) in [7, 11) is 0. The van der Waals surface area contributed by atoms with Gasteiger partial charge in [-0.15, -0.1) is 0 Å². The number of nitrogens with zero attached hydrogens (tertiary/aromatic N) is 6. The summed E-state index contributed by atoms with van der Waals surface area (Å²) in [6.07, 6.45) is 3.49. The summed E-state index contributed by atoms with van der Waals surface area (Å²) in [6.45, 7) is 1.80. The Kier molecular flexibility index (Phi) is 3.61. The number of benzene rings is 1. The SMILES string of the molecule is Cc1nc(N)cc(-c2c(Nc3cnc4ccccc4c3)nc3cccnn23)n1. The number of anilines is 3. The molecule has 0 unspecified atom stereocenters. The fourth-order valence-corrected chi connectivity index (χ4v) is 3.19. The molecular formula is C20H16N8. The smallest absolute Gasteiger partial charge is 0.161 e. The molecule has 0 aliphatic carbocycles. The number of hydrogen-bond donors (Lipinski definition) is 2. The Balaban J connectivity index is 1.68. The molecule has 0 atom stereocenters. The highest BCUT2D eigenvalue weighted by molar-refractivity contribution is 5.84. The van der Waals surface area contributed by atoms with Gasteiger partial charge in [0.15, 0.2) is 11.5 Å². The van der Waals surface area contributed by atoms with Crippen molar-refractivity contribution < 1.29 is 0 Å². The van der Waals surface area contributed by atoms with E-state index in [1.54, 1.807) is 29.9 Å². The number of nitrogens with one attached hydrogen (secondary N) is 1. The second-order valence-electron chi connectivity index (χ2n) is 6.37. The van der Waals surface area contributed by atoms with Crippen LogP contribution in [0, 0.1) is 6.92 Å². The third-order valence-electron chi connectivity index (χ3n) is 4.35. The Morgan fingerprint density at radius 2 is 1.89 bits per heavy atom. The number of para-hydroxylation sites is 1. The van der Waals surface area contributed by atoms with Crippen LogP contribution in [-0.2, 0) is 0 Å². The second kappa shape index (κ2) is 6.27. The van der Waals surface area contributed by atoms with Crippen molar-refractivity contribution in [3.05, 3.63) is 66.7 Å². The molecule has 4 aromatic heterocycles. The molecule has 0 saturated heterocycles. The highest BCUT2D eigenvalue weighted by Gasteiger charge is 2.18. The first-order valence-corrected chi connectivity index (χ1v) is 8.74. The van der Waals surface area contributed by atoms with Gasteiger partial charge in [-0.05, 0) is 31.2 Å². The third kappa shape index (κ3) is 2.77. The molecule has 8 nitrogen and oxygen atoms in total. The van der Waals surface area contributed by atoms with E-state index in [4.69, 9.17) is 5.73 Å². The lowest BCUT2D eigenvalue weighted by Gasteiger charge is -2.08. The van der Waals surface area contributed by atoms with E-state index < -0.39 is 0 Å². The predicted molar refractivity (Wildman–Crippen MR) is 108 cm³/mol. The van der Waals surface area contributed by atoms with E-state index in [-0.39, 0.29) is 0 Å². The normalized spacial score (nSPS) is 11.2. The van der Waals surface area contributed by atoms with Gasteiger partial charge in [0, 0.05) is 17.6 Å². The first kappa shape index (κ1) is 16.1. The van der Waals surface area contributed by atoms with Crippen molar-refractivity contribution in [1.82, 2.24) is 29.5 Å². The Bertz CT molecular complexity index is 1300. The van der Waals surface area contributed by atoms with Crippen LogP contribution in [0.3, 0.4) is 0 Å². The maximum Gasteiger partial charge on any atom is 0.161 e. The van der Waals surface area contributed by atoms with Crippen molar-refractivity contribution in [2.24, 2.45) is 0 Å². The van der Waals surface area contributed by atoms with Crippen molar-refractivity contribution in [2.75, 3.05) is 11.1 Å². The predicted octanol–water partition coefficient (Wildman–Crippen LogP) is 3.37. The summed E-state index contributed by atoms with van der Waals surface area (Å²) in [5.41, 5.74) is 9.75. The van der Waals surface area contributed by atoms with Crippen LogP contribution < -0.4 is 11.1 Å². The van der Waals surface area contributed by atoms with Gasteiger partial charge in [-0.1, -0.05) is 18.2 Å². The minimum absolute atomic E-state index is 0.395. The molecule has 0 amide bonds. The number of hydrogen-bond acceptors (Lipinski definition) is 7. The number of aromatic nitrogens is 6. The Hall–Kier alpha value is -4.07. The van der Waals surface area contributed by atoms with E-state index in [0.717, 1.165) is 16.6 Å². The molecular weight excluding hydrogens is 352 g/mol. The number of nitrogen functional groups attached to an aromatic ring is 1. The van der Waals surface area contributed by atoms with Crippen molar-refractivity contribution >= 4 is 33.9 Å². The van der Waals surface area contributed by atoms with Crippen molar-refractivity contribution in [2.45, 2.75) is 6.92 Å². The van der Waals surface area contributed by atoms with E-state index in [1.165, 1.54) is 0 Å². The maximum absolute atomic E-state index is 5.94. The molecule has 0 aliphatic rings. The van der Waals surface area contributed by atoms with Crippen LogP contribution in [0.2, 0.25) is 0 Å². The molecule has 5 rings (SSSR count). The summed E-state index contributed by atoms with van der Waals surface area (Å²) in [5.74, 6) is 1.60. The maximum atomic E-state index is 5.94. The molecule has 1 aromatic carbocycles. The van der Waals surface area contributed by atoms with Gasteiger partial charge in [-0.2, -0.15) is 5.10 Å². The van der Waals surface area contributed by atoms with Gasteiger partial charge in [-0.3, -0.25) is 4.98 Å². The van der Waals surface area contributed by atoms with Crippen LogP contribution in [0.5, 0.6) is 0 Å². The highest BCUT2D eigenvalue weighted by atomic mass is 15.3. The molecule has 0 fully saturated rings. The van der Waals surface area contributed by atoms with Gasteiger partial charge in [0.1, 0.15) is 17.3 Å². The third-order valence-corrected chi connectivity index (χ3v) is 4.35. The summed E-state index contributed by atoms with van der Waals surface area (Å²) < 4.78 is 1.73. The van der Waals surface area contributed by atoms with Crippen LogP contribution in [-0.4, -0.2) is 29.5 Å². The Morgan fingerprint density at radius 3 is 2.79 bits per heavy atom. The number of pyridine rings is 1. The average molecular weight is 368 g/mol. The van der Waals surface area contributed by atoms with Crippen LogP contribution in [0.25, 0.3) is 27.9 Å². The van der Waals surface area contributed by atoms with E-state index in [0.29, 0.717) is 34.5 Å². The largest absolute Gasteiger partial charge is 0.384 e. The summed E-state index contributed by atoms with van der Waals surface area (Å²) in [5, 5.41) is 8.82. The minimum Gasteiger partial charge on any atom is -0.384 e. The molecule has 3 N–H and O–H groups in total. The first-order valence-electron chi connectivity index (χ1n) is 8.74. The van der Waals surface area contributed by atoms with Gasteiger partial charge in [0.05, 0.1) is 23.1 Å². The van der Waals surface area contributed by atoms with E-state index in [1.807, 2.05) is 42.5 Å². The second-order valence-corrected chi connectivity index (χ2v) is 6.37. The van der Waals surface area contributed by atoms with Crippen molar-refractivity contribution in [3.8, 4) is 11.4 Å². The first-order chi connectivity index (χ1) is 13.7. The van der Waals surface area contributed by atoms with Crippen molar-refractivity contribution in [1.29, 1.82) is 0 Å². The molecule has 136 valence electrons. The molecule has 0 radical (unpaired) electrons. The fraction of sp³-hybridized carbons (Fsp3) is 0.0500. The van der Waals surface area contributed by atoms with Crippen LogP contribution in [0.1, 0.15) is 5.82 Å². The van der Waals surface area contributed by atoms with E-state index in [2.05, 4.69) is 30.4 Å². The number of fused-ring (bicyclic) bond motifs is 2. The summed E-state index contributed by atoms with van der Waals surface area (Å²) in [4.78, 5) is 17.9. The minimum atomic E-state index is 0.395. The Labute approximate surface area is 160 Å². The molecule has 4 heterocycles. The highest BCUT2D eigenvalue weighted by Crippen LogP contribution is 2.30. The summed E-state index contributed by atoms with van der Waals surface area (Å²) in [6, 6.07) is 15.4. The van der Waals surface area contributed by atoms with Crippen LogP contribution in [0.4, 0.5) is 17.3 Å². The zero-order valence-electron chi connectivity index (χ0n) is 15.0. The van der Waals surface area contributed by atoms with Crippen LogP contribution in [0.15, 0.2) is 60.9 Å². The zero-order valence-corrected chi connectivity index (χ0v) is 15.0. The average Bonchev–Trinajstić information content (AvgIpc) is 3.05. The monoisotopic (exact) mass is 368 g/mol. The van der Waals surface area contributed by atoms with E-state index in [9.17, 15) is 0 Å². The molecule has 0 aliphatic heterocycles. The number of rotatable bonds is 3. The topological polar surface area (TPSA) is 107 Å². The molecule has 28 heavy (non-hydrogen) atoms. The van der Waals surface area contributed by atoms with E-state index >= 15 is 0 Å². The molecule has 5 aromatic rings. The molecule has 0 spiro atoms. The molecule has 8 heteroatoms. The van der Waals surface area contributed by atoms with Gasteiger partial charge in [0.2, 0.25) is 0 Å². The van der Waals surface area contributed by atoms with Gasteiger partial charge in [-0.25, -0.2) is 19.5 Å². The lowest BCUT2D eigenvalue weighted by atomic mass is 10.2. The summed E-state index contributed by atoms with van der Waals surface area (Å²) >= 11 is 0. The fourth-order valence-electron chi connectivity index (χ4n) is 3.19. The molecule has 0 saturated carbocycles. The quantitative estimate of drug-likeness (QED) is 0.503. The number of nitrogens with two attached hydrogens (primary N) is 1. The van der Waals surface area contributed by atoms with Gasteiger partial charge in [0.25, 0.3) is 0 Å². The van der Waals surface area contributed by atoms with Crippen molar-refractivity contribution in [3.63, 3.8) is 0 Å². The lowest BCUT2D eigenvalue weighted by molar-refractivity contribution is 0.932. The van der Waals surface area contributed by atoms with Gasteiger partial charge < -0.3 is 11.1 Å². The van der Waals surface area contributed by atoms with Gasteiger partial charge >= 0.3 is 0 Å². The Morgan fingerprint density at radius 1 is 1.00 bits per heavy atom. The number of imidazole rings is 1. The van der Waals surface area contributed by atoms with Crippen LogP contribution >= 0.6 is 0 Å². The number of aryl methyl sites for hydroxylation is 1.